The van der Waals surface area contributed by atoms with Crippen molar-refractivity contribution >= 4 is 22.7 Å². The number of piperazine rings is 1. The second kappa shape index (κ2) is 9.68. The lowest BCUT2D eigenvalue weighted by molar-refractivity contribution is -0.139. The fourth-order valence-electron chi connectivity index (χ4n) is 5.77. The first kappa shape index (κ1) is 25.4. The van der Waals surface area contributed by atoms with Gasteiger partial charge in [-0.05, 0) is 54.8 Å². The zero-order valence-corrected chi connectivity index (χ0v) is 21.6. The maximum absolute atomic E-state index is 13.5. The van der Waals surface area contributed by atoms with Gasteiger partial charge in [0, 0.05) is 42.0 Å². The molecule has 1 aromatic heterocycles. The molecule has 1 saturated heterocycles. The number of hydrogen-bond donors (Lipinski definition) is 2. The van der Waals surface area contributed by atoms with Gasteiger partial charge in [-0.2, -0.15) is 8.78 Å². The van der Waals surface area contributed by atoms with Crippen LogP contribution in [-0.2, 0) is 11.3 Å². The molecule has 39 heavy (non-hydrogen) atoms. The number of carbonyl (C=O) groups is 2. The number of rotatable bonds is 9. The van der Waals surface area contributed by atoms with Gasteiger partial charge in [0.1, 0.15) is 23.7 Å². The number of amides is 2. The fraction of sp³-hybridized carbons (Fsp3) is 0.379. The van der Waals surface area contributed by atoms with E-state index in [-0.39, 0.29) is 48.2 Å². The summed E-state index contributed by atoms with van der Waals surface area (Å²) in [5.74, 6) is 0.257. The number of aromatic nitrogens is 1. The number of aromatic amines is 1. The van der Waals surface area contributed by atoms with Gasteiger partial charge < -0.3 is 29.6 Å². The summed E-state index contributed by atoms with van der Waals surface area (Å²) in [6, 6.07) is 13.6. The molecule has 2 amide bonds. The molecule has 3 aromatic rings. The van der Waals surface area contributed by atoms with Gasteiger partial charge >= 0.3 is 6.61 Å². The molecule has 2 heterocycles. The minimum absolute atomic E-state index is 0.0406. The van der Waals surface area contributed by atoms with Crippen LogP contribution in [0.4, 0.5) is 8.78 Å². The average Bonchev–Trinajstić information content (AvgIpc) is 3.75. The largest absolute Gasteiger partial charge is 0.497 e. The molecule has 204 valence electrons. The van der Waals surface area contributed by atoms with E-state index in [0.717, 1.165) is 23.7 Å². The van der Waals surface area contributed by atoms with Crippen LogP contribution in [0.1, 0.15) is 28.9 Å². The normalized spacial score (nSPS) is 21.6. The Hall–Kier alpha value is -3.92. The molecule has 0 radical (unpaired) electrons. The van der Waals surface area contributed by atoms with Crippen molar-refractivity contribution in [3.63, 3.8) is 0 Å². The third kappa shape index (κ3) is 4.85. The summed E-state index contributed by atoms with van der Waals surface area (Å²) in [7, 11) is 1.59. The summed E-state index contributed by atoms with van der Waals surface area (Å²) in [5, 5.41) is 4.40. The third-order valence-electron chi connectivity index (χ3n) is 8.14. The SMILES string of the molecule is C=C1[C@H](NC[C@H]2CN(C(=O)c3cc4cc(OC)ccc4[nH]3)CC(=O)N2Cc2cccc(OC(F)F)c2)C12CC2. The van der Waals surface area contributed by atoms with Crippen LogP contribution < -0.4 is 14.8 Å². The highest BCUT2D eigenvalue weighted by molar-refractivity contribution is 6.00. The molecule has 1 aliphatic heterocycles. The lowest BCUT2D eigenvalue weighted by atomic mass is 10.1. The highest BCUT2D eigenvalue weighted by atomic mass is 19.3. The molecule has 6 rings (SSSR count). The molecule has 3 fully saturated rings. The van der Waals surface area contributed by atoms with Gasteiger partial charge in [-0.1, -0.05) is 24.3 Å². The van der Waals surface area contributed by atoms with Crippen LogP contribution in [0.2, 0.25) is 0 Å². The molecule has 2 N–H and O–H groups in total. The molecule has 2 aliphatic carbocycles. The van der Waals surface area contributed by atoms with Crippen LogP contribution in [0.5, 0.6) is 11.5 Å². The number of H-pyrrole nitrogens is 1. The van der Waals surface area contributed by atoms with Crippen LogP contribution in [-0.4, -0.2) is 72.0 Å². The van der Waals surface area contributed by atoms with E-state index in [0.29, 0.717) is 30.1 Å². The number of benzene rings is 2. The van der Waals surface area contributed by atoms with Crippen molar-refractivity contribution in [2.24, 2.45) is 5.41 Å². The number of carbonyl (C=O) groups excluding carboxylic acids is 2. The van der Waals surface area contributed by atoms with Crippen molar-refractivity contribution < 1.29 is 27.8 Å². The van der Waals surface area contributed by atoms with Crippen molar-refractivity contribution in [1.82, 2.24) is 20.1 Å². The minimum atomic E-state index is -2.93. The minimum Gasteiger partial charge on any atom is -0.497 e. The Balaban J connectivity index is 1.21. The molecule has 0 bridgehead atoms. The van der Waals surface area contributed by atoms with Crippen LogP contribution in [0, 0.1) is 5.41 Å². The first-order chi connectivity index (χ1) is 18.8. The van der Waals surface area contributed by atoms with E-state index in [2.05, 4.69) is 21.6 Å². The van der Waals surface area contributed by atoms with Gasteiger partial charge in [0.25, 0.3) is 5.91 Å². The topological polar surface area (TPSA) is 86.9 Å². The zero-order chi connectivity index (χ0) is 27.3. The number of methoxy groups -OCH3 is 1. The monoisotopic (exact) mass is 536 g/mol. The summed E-state index contributed by atoms with van der Waals surface area (Å²) in [6.45, 7) is 2.20. The Morgan fingerprint density at radius 2 is 2.03 bits per heavy atom. The second-order valence-electron chi connectivity index (χ2n) is 10.5. The molecule has 2 saturated carbocycles. The van der Waals surface area contributed by atoms with Crippen molar-refractivity contribution in [2.75, 3.05) is 26.7 Å². The number of halogens is 2. The summed E-state index contributed by atoms with van der Waals surface area (Å²) >= 11 is 0. The number of nitrogens with zero attached hydrogens (tertiary/aromatic N) is 2. The Morgan fingerprint density at radius 3 is 2.74 bits per heavy atom. The molecular formula is C29H30F2N4O4. The number of hydrogen-bond acceptors (Lipinski definition) is 5. The first-order valence-electron chi connectivity index (χ1n) is 13.0. The summed E-state index contributed by atoms with van der Waals surface area (Å²) in [5.41, 5.74) is 3.29. The van der Waals surface area contributed by atoms with Gasteiger partial charge in [0.05, 0.1) is 13.2 Å². The molecule has 10 heteroatoms. The number of alkyl halides is 2. The Bertz CT molecular complexity index is 1450. The van der Waals surface area contributed by atoms with E-state index >= 15 is 0 Å². The lowest BCUT2D eigenvalue weighted by Crippen LogP contribution is -2.60. The van der Waals surface area contributed by atoms with Crippen LogP contribution >= 0.6 is 0 Å². The predicted octanol–water partition coefficient (Wildman–Crippen LogP) is 3.94. The van der Waals surface area contributed by atoms with Gasteiger partial charge in [0.2, 0.25) is 5.91 Å². The summed E-state index contributed by atoms with van der Waals surface area (Å²) in [4.78, 5) is 33.4. The van der Waals surface area contributed by atoms with Crippen LogP contribution in [0.3, 0.4) is 0 Å². The zero-order valence-electron chi connectivity index (χ0n) is 21.6. The molecular weight excluding hydrogens is 506 g/mol. The summed E-state index contributed by atoms with van der Waals surface area (Å²) < 4.78 is 35.3. The average molecular weight is 537 g/mol. The van der Waals surface area contributed by atoms with Crippen molar-refractivity contribution in [1.29, 1.82) is 0 Å². The maximum atomic E-state index is 13.5. The molecule has 3 aliphatic rings. The highest BCUT2D eigenvalue weighted by Crippen LogP contribution is 2.69. The number of nitrogens with one attached hydrogen (secondary N) is 2. The first-order valence-corrected chi connectivity index (χ1v) is 13.0. The van der Waals surface area contributed by atoms with Crippen LogP contribution in [0.15, 0.2) is 60.7 Å². The van der Waals surface area contributed by atoms with Gasteiger partial charge in [-0.3, -0.25) is 9.59 Å². The molecule has 1 spiro atoms. The predicted molar refractivity (Wildman–Crippen MR) is 141 cm³/mol. The number of ether oxygens (including phenoxy) is 2. The van der Waals surface area contributed by atoms with E-state index in [9.17, 15) is 18.4 Å². The Labute approximate surface area is 224 Å². The number of fused-ring (bicyclic) bond motifs is 1. The third-order valence-corrected chi connectivity index (χ3v) is 8.14. The smallest absolute Gasteiger partial charge is 0.387 e. The van der Waals surface area contributed by atoms with Crippen molar-refractivity contribution in [3.8, 4) is 11.5 Å². The lowest BCUT2D eigenvalue weighted by Gasteiger charge is -2.41. The quantitative estimate of drug-likeness (QED) is 0.405. The van der Waals surface area contributed by atoms with E-state index in [1.165, 1.54) is 17.7 Å². The molecule has 0 unspecified atom stereocenters. The molecule has 8 nitrogen and oxygen atoms in total. The summed E-state index contributed by atoms with van der Waals surface area (Å²) in [6.07, 6.45) is 2.26. The van der Waals surface area contributed by atoms with E-state index < -0.39 is 6.61 Å². The maximum Gasteiger partial charge on any atom is 0.387 e. The van der Waals surface area contributed by atoms with Gasteiger partial charge in [-0.15, -0.1) is 0 Å². The van der Waals surface area contributed by atoms with E-state index in [1.54, 1.807) is 35.1 Å². The highest BCUT2D eigenvalue weighted by Gasteiger charge is 2.66. The van der Waals surface area contributed by atoms with Gasteiger partial charge in [-0.25, -0.2) is 0 Å². The standard InChI is InChI=1S/C29H30F2N4O4/c1-17-26(29(17)8-9-29)32-13-20-15-34(27(37)24-12-19-11-21(38-2)6-7-23(19)33-24)16-25(36)35(20)14-18-4-3-5-22(10-18)39-28(30)31/h3-7,10-12,20,26,28,32-33H,1,8-9,13-16H2,2H3/t20-,26-/m0/s1. The molecule has 2 atom stereocenters. The Kier molecular flexibility index (Phi) is 6.29. The van der Waals surface area contributed by atoms with Crippen molar-refractivity contribution in [2.45, 2.75) is 38.1 Å². The van der Waals surface area contributed by atoms with Crippen molar-refractivity contribution in [3.05, 3.63) is 71.9 Å². The van der Waals surface area contributed by atoms with E-state index in [4.69, 9.17) is 4.74 Å². The Morgan fingerprint density at radius 1 is 1.21 bits per heavy atom. The molecule has 2 aromatic carbocycles. The fourth-order valence-corrected chi connectivity index (χ4v) is 5.77. The van der Waals surface area contributed by atoms with Crippen LogP contribution in [0.25, 0.3) is 10.9 Å². The van der Waals surface area contributed by atoms with E-state index in [1.807, 2.05) is 18.2 Å². The second-order valence-corrected chi connectivity index (χ2v) is 10.5. The van der Waals surface area contributed by atoms with Gasteiger partial charge in [0.15, 0.2) is 0 Å².